The number of nitrogens with two attached hydrogens (primary N) is 1. The van der Waals surface area contributed by atoms with E-state index in [2.05, 4.69) is 15.4 Å². The van der Waals surface area contributed by atoms with Gasteiger partial charge in [-0.1, -0.05) is 12.1 Å². The highest BCUT2D eigenvalue weighted by Gasteiger charge is 2.44. The molecule has 0 spiro atoms. The Hall–Kier alpha value is -4.73. The van der Waals surface area contributed by atoms with E-state index in [-0.39, 0.29) is 34.5 Å². The van der Waals surface area contributed by atoms with Gasteiger partial charge in [-0.25, -0.2) is 21.6 Å². The van der Waals surface area contributed by atoms with Gasteiger partial charge in [-0.2, -0.15) is 18.3 Å². The lowest BCUT2D eigenvalue weighted by Gasteiger charge is -2.22. The third-order valence-electron chi connectivity index (χ3n) is 6.86. The highest BCUT2D eigenvalue weighted by Crippen LogP contribution is 2.38. The summed E-state index contributed by atoms with van der Waals surface area (Å²) in [5, 5.41) is 6.05. The van der Waals surface area contributed by atoms with E-state index in [1.807, 2.05) is 0 Å². The van der Waals surface area contributed by atoms with E-state index >= 15 is 0 Å². The Morgan fingerprint density at radius 3 is 2.39 bits per heavy atom. The van der Waals surface area contributed by atoms with Crippen molar-refractivity contribution < 1.29 is 44.3 Å². The molecule has 1 atom stereocenters. The molecule has 0 aliphatic carbocycles. The molecule has 2 aromatic carbocycles. The molecule has 3 N–H and O–H groups in total. The summed E-state index contributed by atoms with van der Waals surface area (Å²) in [6, 6.07) is 7.95. The topological polar surface area (TPSA) is 137 Å². The van der Waals surface area contributed by atoms with Gasteiger partial charge in [-0.05, 0) is 47.9 Å². The van der Waals surface area contributed by atoms with Gasteiger partial charge >= 0.3 is 6.18 Å². The molecule has 0 radical (unpaired) electrons. The lowest BCUT2D eigenvalue weighted by molar-refractivity contribution is -0.142. The number of carbonyl (C=O) groups excluding carboxylic acids is 2. The monoisotopic (exact) mass is 637 g/mol. The van der Waals surface area contributed by atoms with E-state index < -0.39 is 86.2 Å². The van der Waals surface area contributed by atoms with Gasteiger partial charge in [0.1, 0.15) is 24.0 Å². The zero-order valence-electron chi connectivity index (χ0n) is 22.3. The van der Waals surface area contributed by atoms with Crippen LogP contribution in [0.15, 0.2) is 54.7 Å². The zero-order chi connectivity index (χ0) is 32.0. The van der Waals surface area contributed by atoms with Gasteiger partial charge in [0.2, 0.25) is 5.91 Å². The fraction of sp³-hybridized carbons (Fsp3) is 0.214. The number of rotatable bonds is 8. The summed E-state index contributed by atoms with van der Waals surface area (Å²) < 4.78 is 108. The SMILES string of the molecule is NC(=O)c1cc(-c2cccnc2C(Cc2cc(F)cc(F)c2)NC(=O)Cn2nc(C(F)(F)F)c3c2CS(=O)(=O)C3)ccc1F. The van der Waals surface area contributed by atoms with Crippen LogP contribution in [0.2, 0.25) is 0 Å². The summed E-state index contributed by atoms with van der Waals surface area (Å²) in [5.41, 5.74) is 3.29. The van der Waals surface area contributed by atoms with Crippen molar-refractivity contribution in [3.63, 3.8) is 0 Å². The number of hydrogen-bond donors (Lipinski definition) is 2. The third-order valence-corrected chi connectivity index (χ3v) is 8.30. The molecule has 0 bridgehead atoms. The Bertz CT molecular complexity index is 1890. The van der Waals surface area contributed by atoms with E-state index in [0.717, 1.165) is 24.3 Å². The van der Waals surface area contributed by atoms with Gasteiger partial charge in [0.25, 0.3) is 5.91 Å². The van der Waals surface area contributed by atoms with Crippen LogP contribution < -0.4 is 11.1 Å². The van der Waals surface area contributed by atoms with E-state index in [0.29, 0.717) is 10.7 Å². The van der Waals surface area contributed by atoms with Crippen LogP contribution in [0.5, 0.6) is 0 Å². The first kappa shape index (κ1) is 30.7. The first-order valence-electron chi connectivity index (χ1n) is 12.8. The summed E-state index contributed by atoms with van der Waals surface area (Å²) in [6.45, 7) is -0.827. The number of primary amides is 1. The van der Waals surface area contributed by atoms with E-state index in [9.17, 15) is 44.3 Å². The largest absolute Gasteiger partial charge is 0.435 e. The maximum atomic E-state index is 14.2. The number of nitrogens with zero attached hydrogens (tertiary/aromatic N) is 3. The van der Waals surface area contributed by atoms with E-state index in [4.69, 9.17) is 5.73 Å². The second-order valence-corrected chi connectivity index (χ2v) is 12.1. The zero-order valence-corrected chi connectivity index (χ0v) is 23.1. The van der Waals surface area contributed by atoms with Crippen LogP contribution in [0, 0.1) is 17.5 Å². The summed E-state index contributed by atoms with van der Waals surface area (Å²) >= 11 is 0. The van der Waals surface area contributed by atoms with Crippen molar-refractivity contribution in [3.8, 4) is 11.1 Å². The van der Waals surface area contributed by atoms with Gasteiger partial charge in [-0.15, -0.1) is 0 Å². The first-order chi connectivity index (χ1) is 20.6. The molecule has 0 fully saturated rings. The molecule has 1 unspecified atom stereocenters. The number of alkyl halides is 3. The molecule has 0 saturated heterocycles. The number of benzene rings is 2. The number of hydrogen-bond acceptors (Lipinski definition) is 6. The van der Waals surface area contributed by atoms with E-state index in [1.54, 1.807) is 0 Å². The minimum atomic E-state index is -4.97. The lowest BCUT2D eigenvalue weighted by Crippen LogP contribution is -2.34. The predicted octanol–water partition coefficient (Wildman–Crippen LogP) is 4.01. The van der Waals surface area contributed by atoms with Crippen LogP contribution in [0.1, 0.15) is 44.6 Å². The summed E-state index contributed by atoms with van der Waals surface area (Å²) in [6.07, 6.45) is -3.91. The van der Waals surface area contributed by atoms with Crippen molar-refractivity contribution >= 4 is 21.7 Å². The molecule has 9 nitrogen and oxygen atoms in total. The molecule has 5 rings (SSSR count). The number of nitrogens with one attached hydrogen (secondary N) is 1. The Kier molecular flexibility index (Phi) is 7.96. The molecule has 1 aliphatic rings. The summed E-state index contributed by atoms with van der Waals surface area (Å²) in [4.78, 5) is 29.3. The number of aromatic nitrogens is 3. The van der Waals surface area contributed by atoms with Crippen molar-refractivity contribution in [2.75, 3.05) is 0 Å². The lowest BCUT2D eigenvalue weighted by atomic mass is 9.94. The minimum Gasteiger partial charge on any atom is -0.366 e. The van der Waals surface area contributed by atoms with Crippen molar-refractivity contribution in [3.05, 3.63) is 106 Å². The molecular formula is C28H21F6N5O4S. The Morgan fingerprint density at radius 1 is 1.02 bits per heavy atom. The molecule has 16 heteroatoms. The fourth-order valence-corrected chi connectivity index (χ4v) is 6.65. The Labute approximate surface area is 245 Å². The van der Waals surface area contributed by atoms with Gasteiger partial charge in [-0.3, -0.25) is 19.3 Å². The second-order valence-electron chi connectivity index (χ2n) is 10.1. The molecule has 1 aliphatic heterocycles. The van der Waals surface area contributed by atoms with Crippen molar-refractivity contribution in [2.45, 2.75) is 36.7 Å². The quantitative estimate of drug-likeness (QED) is 0.280. The average Bonchev–Trinajstić information content (AvgIpc) is 3.40. The maximum absolute atomic E-state index is 14.2. The molecule has 2 aromatic heterocycles. The number of pyridine rings is 1. The normalized spacial score (nSPS) is 14.7. The molecule has 3 heterocycles. The van der Waals surface area contributed by atoms with Crippen molar-refractivity contribution in [2.24, 2.45) is 5.73 Å². The molecular weight excluding hydrogens is 616 g/mol. The predicted molar refractivity (Wildman–Crippen MR) is 143 cm³/mol. The van der Waals surface area contributed by atoms with Crippen LogP contribution in [0.25, 0.3) is 11.1 Å². The Morgan fingerprint density at radius 2 is 1.73 bits per heavy atom. The van der Waals surface area contributed by atoms with Gasteiger partial charge < -0.3 is 11.1 Å². The fourth-order valence-electron chi connectivity index (χ4n) is 5.06. The van der Waals surface area contributed by atoms with Crippen LogP contribution in [-0.4, -0.2) is 35.0 Å². The van der Waals surface area contributed by atoms with Crippen LogP contribution in [0.3, 0.4) is 0 Å². The van der Waals surface area contributed by atoms with Gasteiger partial charge in [0.05, 0.1) is 34.5 Å². The number of fused-ring (bicyclic) bond motifs is 1. The van der Waals surface area contributed by atoms with Gasteiger partial charge in [0, 0.05) is 23.4 Å². The van der Waals surface area contributed by atoms with Crippen molar-refractivity contribution in [1.82, 2.24) is 20.1 Å². The second kappa shape index (κ2) is 11.4. The standard InChI is InChI=1S/C28H21F6N5O4S/c29-16-6-14(7-17(30)10-16)8-22(25-18(2-1-5-36-25)15-3-4-21(31)19(9-15)27(35)41)37-24(40)11-39-23-13-44(42,43)12-20(23)26(38-39)28(32,33)34/h1-7,9-10,22H,8,11-13H2,(H2,35,41)(H,37,40). The highest BCUT2D eigenvalue weighted by atomic mass is 32.2. The van der Waals surface area contributed by atoms with Crippen LogP contribution in [0.4, 0.5) is 26.3 Å². The number of carbonyl (C=O) groups is 2. The third kappa shape index (κ3) is 6.44. The van der Waals surface area contributed by atoms with Crippen molar-refractivity contribution in [1.29, 1.82) is 0 Å². The van der Waals surface area contributed by atoms with Gasteiger partial charge in [0.15, 0.2) is 15.5 Å². The molecule has 230 valence electrons. The average molecular weight is 638 g/mol. The molecule has 0 saturated carbocycles. The van der Waals surface area contributed by atoms with Crippen LogP contribution in [-0.2, 0) is 45.3 Å². The molecule has 2 amide bonds. The number of halogens is 6. The Balaban J connectivity index is 1.54. The maximum Gasteiger partial charge on any atom is 0.435 e. The molecule has 4 aromatic rings. The smallest absolute Gasteiger partial charge is 0.366 e. The minimum absolute atomic E-state index is 0.0757. The molecule has 44 heavy (non-hydrogen) atoms. The van der Waals surface area contributed by atoms with E-state index in [1.165, 1.54) is 24.4 Å². The highest BCUT2D eigenvalue weighted by molar-refractivity contribution is 7.90. The first-order valence-corrected chi connectivity index (χ1v) is 14.6. The van der Waals surface area contributed by atoms with Crippen LogP contribution >= 0.6 is 0 Å². The summed E-state index contributed by atoms with van der Waals surface area (Å²) in [5.74, 6) is -6.33. The summed E-state index contributed by atoms with van der Waals surface area (Å²) in [7, 11) is -3.90. The number of sulfone groups is 1. The number of amides is 2.